The van der Waals surface area contributed by atoms with E-state index < -0.39 is 232 Å². The van der Waals surface area contributed by atoms with Crippen molar-refractivity contribution >= 4 is 7.82 Å². The van der Waals surface area contributed by atoms with Crippen molar-refractivity contribution in [2.45, 2.75) is 184 Å². The van der Waals surface area contributed by atoms with E-state index in [0.717, 1.165) is 0 Å². The Balaban J connectivity index is 1.14. The van der Waals surface area contributed by atoms with Crippen LogP contribution >= 0.6 is 7.82 Å². The van der Waals surface area contributed by atoms with E-state index in [-0.39, 0.29) is 0 Å². The maximum atomic E-state index is 11.5. The van der Waals surface area contributed by atoms with Gasteiger partial charge in [0.15, 0.2) is 31.5 Å². The van der Waals surface area contributed by atoms with Crippen LogP contribution < -0.4 is 20.9 Å². The zero-order chi connectivity index (χ0) is 54.0. The number of nitrogens with two attached hydrogens (primary N) is 1. The van der Waals surface area contributed by atoms with Gasteiger partial charge in [-0.3, -0.25) is 4.84 Å². The summed E-state index contributed by atoms with van der Waals surface area (Å²) in [5, 5.41) is 192. The van der Waals surface area contributed by atoms with Crippen LogP contribution in [0.25, 0.3) is 0 Å². The van der Waals surface area contributed by atoms with Crippen LogP contribution in [-0.4, -0.2) is 311 Å². The fourth-order valence-corrected chi connectivity index (χ4v) is 8.89. The number of hydrogen-bond donors (Lipinski definition) is 18. The van der Waals surface area contributed by atoms with Crippen molar-refractivity contribution in [3.8, 4) is 0 Å². The minimum Gasteiger partial charge on any atom is -0.790 e. The van der Waals surface area contributed by atoms with Crippen LogP contribution in [0.3, 0.4) is 0 Å². The van der Waals surface area contributed by atoms with Crippen LogP contribution in [0.2, 0.25) is 0 Å². The van der Waals surface area contributed by atoms with Crippen LogP contribution in [-0.2, 0) is 70.9 Å². The second kappa shape index (κ2) is 26.2. The van der Waals surface area contributed by atoms with Gasteiger partial charge in [-0.25, -0.2) is 5.90 Å². The Kier molecular flexibility index (Phi) is 21.9. The van der Waals surface area contributed by atoms with E-state index in [9.17, 15) is 106 Å². The molecule has 0 aromatic carbocycles. The van der Waals surface area contributed by atoms with E-state index in [2.05, 4.69) is 14.2 Å². The van der Waals surface area contributed by atoms with E-state index in [1.165, 1.54) is 0 Å². The van der Waals surface area contributed by atoms with Crippen molar-refractivity contribution in [1.82, 2.24) is 0 Å². The predicted molar refractivity (Wildman–Crippen MR) is 208 cm³/mol. The number of rotatable bonds is 20. The van der Waals surface area contributed by atoms with Crippen molar-refractivity contribution in [2.75, 3.05) is 39.6 Å². The number of phosphoric ester groups is 1. The Morgan fingerprint density at radius 3 is 1.21 bits per heavy atom. The number of aliphatic hydroxyl groups excluding tert-OH is 17. The van der Waals surface area contributed by atoms with Gasteiger partial charge in [0.25, 0.3) is 0 Å². The summed E-state index contributed by atoms with van der Waals surface area (Å²) in [7, 11) is -5.69. The summed E-state index contributed by atoms with van der Waals surface area (Å²) in [5.74, 6) is 5.34. The van der Waals surface area contributed by atoms with Gasteiger partial charge in [0.1, 0.15) is 146 Å². The van der Waals surface area contributed by atoms with Gasteiger partial charge in [0.05, 0.1) is 47.5 Å². The number of aliphatic hydroxyl groups is 17. The molecule has 6 heterocycles. The molecule has 0 bridgehead atoms. The van der Waals surface area contributed by atoms with Gasteiger partial charge in [-0.05, 0) is 0 Å². The molecule has 6 fully saturated rings. The summed E-state index contributed by atoms with van der Waals surface area (Å²) < 4.78 is 76.3. The Bertz CT molecular complexity index is 1730. The topological polar surface area (TPSA) is 585 Å². The molecule has 0 aromatic heterocycles. The molecule has 0 spiro atoms. The highest BCUT2D eigenvalue weighted by Crippen LogP contribution is 2.36. The predicted octanol–water partition coefficient (Wildman–Crippen LogP) is -16.0. The molecule has 0 amide bonds. The minimum atomic E-state index is -5.69. The van der Waals surface area contributed by atoms with Gasteiger partial charge < -0.3 is 168 Å². The maximum Gasteiger partial charge on any atom is 0.206 e. The lowest BCUT2D eigenvalue weighted by Crippen LogP contribution is -2.67. The molecule has 0 aliphatic carbocycles. The molecule has 36 nitrogen and oxygen atoms in total. The standard InChI is InChI=1S/C36H64NO35P/c37-72-34-27(54)28(69-36-30(23(50)14(41)8(2-39)64-36)71-33-26(53)21(48)17(44)12(67-33)6-62-73(56,57)58)18(45)10(68-34)4-59-31-24(51)19(46)15(42)9(65-31)3-60-35-29(22(49)13(40)7(1-38)63-35)70-32-25(52)20(47)16(43)11(66-32)5-61-55/h7-36,38-55H,1-6,37H2,(H2,56,57,58)/p-3/t7?,8?,9?,10?,11?,12?,13-,14-,15-,16-,17-,18-,19+,20+,21+,22+,23+,24?,25?,26?,27?,28+,29?,30?,31+,32-,33-,34+,35+,36-/m1/s1. The maximum absolute atomic E-state index is 11.5. The Labute approximate surface area is 410 Å². The van der Waals surface area contributed by atoms with Gasteiger partial charge in [-0.2, -0.15) is 0 Å². The Hall–Kier alpha value is -1.17. The highest BCUT2D eigenvalue weighted by molar-refractivity contribution is 7.43. The van der Waals surface area contributed by atoms with Crippen molar-refractivity contribution < 1.29 is 173 Å². The summed E-state index contributed by atoms with van der Waals surface area (Å²) in [5.41, 5.74) is 0. The van der Waals surface area contributed by atoms with E-state index >= 15 is 0 Å². The van der Waals surface area contributed by atoms with Crippen molar-refractivity contribution in [1.29, 1.82) is 0 Å². The van der Waals surface area contributed by atoms with E-state index in [4.69, 9.17) is 58.0 Å². The summed E-state index contributed by atoms with van der Waals surface area (Å²) in [6, 6.07) is 0. The summed E-state index contributed by atoms with van der Waals surface area (Å²) in [4.78, 5) is 30.6. The largest absolute Gasteiger partial charge is 0.790 e. The molecule has 73 heavy (non-hydrogen) atoms. The van der Waals surface area contributed by atoms with Crippen molar-refractivity contribution in [3.63, 3.8) is 0 Å². The summed E-state index contributed by atoms with van der Waals surface area (Å²) in [6.45, 7) is -5.82. The second-order valence-corrected chi connectivity index (χ2v) is 18.8. The van der Waals surface area contributed by atoms with E-state index in [0.29, 0.717) is 0 Å². The molecule has 19 N–H and O–H groups in total. The smallest absolute Gasteiger partial charge is 0.206 e. The monoisotopic (exact) mass is 1100 g/mol. The first kappa shape index (κ1) is 61.0. The first-order valence-corrected chi connectivity index (χ1v) is 23.7. The van der Waals surface area contributed by atoms with Gasteiger partial charge in [-0.1, -0.05) is 0 Å². The normalized spacial score (nSPS) is 50.2. The Morgan fingerprint density at radius 2 is 0.740 bits per heavy atom. The lowest BCUT2D eigenvalue weighted by Gasteiger charge is -2.48. The molecule has 30 atom stereocenters. The van der Waals surface area contributed by atoms with Gasteiger partial charge in [0, 0.05) is 0 Å². The minimum absolute atomic E-state index is 0.857. The highest BCUT2D eigenvalue weighted by atomic mass is 31.2. The van der Waals surface area contributed by atoms with Crippen LogP contribution in [0.15, 0.2) is 0 Å². The van der Waals surface area contributed by atoms with Crippen LogP contribution in [0, 0.1) is 0 Å². The Morgan fingerprint density at radius 1 is 0.384 bits per heavy atom. The van der Waals surface area contributed by atoms with Gasteiger partial charge in [0.2, 0.25) is 6.29 Å². The van der Waals surface area contributed by atoms with Crippen LogP contribution in [0.5, 0.6) is 0 Å². The summed E-state index contributed by atoms with van der Waals surface area (Å²) in [6.07, 6.45) is -59.5. The third-order valence-electron chi connectivity index (χ3n) is 12.8. The van der Waals surface area contributed by atoms with Crippen LogP contribution in [0.4, 0.5) is 0 Å². The molecule has 12 unspecified atom stereocenters. The molecular formula is C36H61NO35P-3. The number of hydrogen-bond acceptors (Lipinski definition) is 36. The molecule has 6 aliphatic rings. The molecule has 6 saturated heterocycles. The van der Waals surface area contributed by atoms with E-state index in [1.807, 2.05) is 0 Å². The van der Waals surface area contributed by atoms with Crippen LogP contribution in [0.1, 0.15) is 0 Å². The second-order valence-electron chi connectivity index (χ2n) is 17.6. The first-order chi connectivity index (χ1) is 34.4. The molecule has 0 radical (unpaired) electrons. The average molecular weight is 1100 g/mol. The zero-order valence-electron chi connectivity index (χ0n) is 37.5. The number of ether oxygens (including phenoxy) is 11. The molecule has 37 heteroatoms. The fourth-order valence-electron chi connectivity index (χ4n) is 8.56. The SMILES string of the molecule is NO[C@@H]1OC(CO[C@H]2OC(CO[C@H]3OC(CO)[C@@H](O)[C@H](O)C3O[C@H]3OC(CO[O-])[C@@H](O)[C@H](O)C3O)[C@@H](O)[C@H](O)C2O)[C@@H](O)[C@H](O[C@H]2OC(CO)[C@@H](O)[C@H](O)C2O[C@H]2OC(COP(=O)([O-])[O-])[C@@H](O)[C@H](O)C2O)C1O. The molecule has 0 saturated carbocycles. The number of phosphoric acid groups is 1. The van der Waals surface area contributed by atoms with Gasteiger partial charge in [-0.15, -0.1) is 0 Å². The molecular weight excluding hydrogens is 1040 g/mol. The highest BCUT2D eigenvalue weighted by Gasteiger charge is 2.56. The van der Waals surface area contributed by atoms with Crippen molar-refractivity contribution in [3.05, 3.63) is 0 Å². The summed E-state index contributed by atoms with van der Waals surface area (Å²) >= 11 is 0. The average Bonchev–Trinajstić information content (AvgIpc) is 3.35. The third-order valence-corrected chi connectivity index (χ3v) is 13.2. The lowest BCUT2D eigenvalue weighted by atomic mass is 9.96. The molecule has 0 aromatic rings. The molecule has 6 rings (SSSR count). The van der Waals surface area contributed by atoms with E-state index in [1.54, 1.807) is 0 Å². The lowest BCUT2D eigenvalue weighted by molar-refractivity contribution is -0.692. The third kappa shape index (κ3) is 13.8. The van der Waals surface area contributed by atoms with Gasteiger partial charge >= 0.3 is 0 Å². The van der Waals surface area contributed by atoms with Crippen molar-refractivity contribution in [2.24, 2.45) is 5.90 Å². The quantitative estimate of drug-likeness (QED) is 0.0306. The zero-order valence-corrected chi connectivity index (χ0v) is 38.4. The first-order valence-electron chi connectivity index (χ1n) is 22.2. The molecule has 6 aliphatic heterocycles. The fraction of sp³-hybridized carbons (Fsp3) is 1.00. The molecule has 428 valence electrons.